The highest BCUT2D eigenvalue weighted by atomic mass is 16.6. The number of hydrogen-bond donors (Lipinski definition) is 1. The van der Waals surface area contributed by atoms with Gasteiger partial charge in [0, 0.05) is 0 Å². The van der Waals surface area contributed by atoms with Crippen molar-refractivity contribution in [2.75, 3.05) is 0 Å². The van der Waals surface area contributed by atoms with Gasteiger partial charge in [-0.3, -0.25) is 4.79 Å². The summed E-state index contributed by atoms with van der Waals surface area (Å²) in [6.45, 7) is 10.4. The van der Waals surface area contributed by atoms with Crippen molar-refractivity contribution in [2.45, 2.75) is 91.1 Å². The molecule has 1 saturated carbocycles. The van der Waals surface area contributed by atoms with E-state index in [1.165, 1.54) is 24.8 Å². The van der Waals surface area contributed by atoms with E-state index in [4.69, 9.17) is 9.84 Å². The van der Waals surface area contributed by atoms with Crippen molar-refractivity contribution in [3.8, 4) is 5.75 Å². The molecular formula is C22H36O3. The molecular weight excluding hydrogens is 312 g/mol. The van der Waals surface area contributed by atoms with Crippen molar-refractivity contribution in [3.63, 3.8) is 0 Å². The Balaban J connectivity index is 0.000000257. The third kappa shape index (κ3) is 7.50. The first kappa shape index (κ1) is 21.5. The van der Waals surface area contributed by atoms with Gasteiger partial charge in [0.05, 0.1) is 5.92 Å². The number of rotatable bonds is 5. The van der Waals surface area contributed by atoms with E-state index >= 15 is 0 Å². The van der Waals surface area contributed by atoms with Gasteiger partial charge in [-0.25, -0.2) is 0 Å². The molecule has 25 heavy (non-hydrogen) atoms. The topological polar surface area (TPSA) is 46.5 Å². The summed E-state index contributed by atoms with van der Waals surface area (Å²) < 4.78 is 5.59. The molecule has 2 unspecified atom stereocenters. The number of benzene rings is 1. The normalized spacial score (nSPS) is 18.4. The molecule has 1 aliphatic rings. The molecule has 2 rings (SSSR count). The molecule has 1 N–H and O–H groups in total. The molecule has 0 spiro atoms. The summed E-state index contributed by atoms with van der Waals surface area (Å²) >= 11 is 0. The molecule has 0 saturated heterocycles. The van der Waals surface area contributed by atoms with Gasteiger partial charge in [0.1, 0.15) is 11.4 Å². The maximum absolute atomic E-state index is 11.6. The smallest absolute Gasteiger partial charge is 0.309 e. The second kappa shape index (κ2) is 10.5. The average Bonchev–Trinajstić information content (AvgIpc) is 2.61. The molecule has 2 atom stereocenters. The molecule has 0 aliphatic heterocycles. The molecule has 0 heterocycles. The van der Waals surface area contributed by atoms with Crippen LogP contribution in [0.2, 0.25) is 0 Å². The molecule has 1 aromatic carbocycles. The lowest BCUT2D eigenvalue weighted by molar-refractivity contribution is -0.165. The fourth-order valence-electron chi connectivity index (χ4n) is 2.95. The molecule has 0 bridgehead atoms. The SMILES string of the molecule is CCC(C)C(=O)OC1(C)CCCCC1.CCC(C)c1ccc(O)cc1. The van der Waals surface area contributed by atoms with Crippen LogP contribution in [0.5, 0.6) is 5.75 Å². The number of ether oxygens (including phenoxy) is 1. The third-order valence-electron chi connectivity index (χ3n) is 5.35. The third-order valence-corrected chi connectivity index (χ3v) is 5.35. The lowest BCUT2D eigenvalue weighted by atomic mass is 9.86. The number of hydrogen-bond acceptors (Lipinski definition) is 3. The molecule has 142 valence electrons. The van der Waals surface area contributed by atoms with Crippen LogP contribution in [0.1, 0.15) is 91.0 Å². The minimum atomic E-state index is -0.168. The van der Waals surface area contributed by atoms with Crippen LogP contribution in [-0.4, -0.2) is 16.7 Å². The Morgan fingerprint density at radius 3 is 2.12 bits per heavy atom. The number of phenols is 1. The average molecular weight is 349 g/mol. The maximum Gasteiger partial charge on any atom is 0.309 e. The molecule has 1 fully saturated rings. The van der Waals surface area contributed by atoms with Gasteiger partial charge >= 0.3 is 5.97 Å². The first-order chi connectivity index (χ1) is 11.8. The number of aromatic hydroxyl groups is 1. The number of phenolic OH excluding ortho intramolecular Hbond substituents is 1. The first-order valence-electron chi connectivity index (χ1n) is 9.83. The van der Waals surface area contributed by atoms with E-state index in [0.29, 0.717) is 11.7 Å². The van der Waals surface area contributed by atoms with Crippen LogP contribution in [0.25, 0.3) is 0 Å². The van der Waals surface area contributed by atoms with Crippen LogP contribution in [0.3, 0.4) is 0 Å². The zero-order chi connectivity index (χ0) is 18.9. The lowest BCUT2D eigenvalue weighted by Gasteiger charge is -2.34. The monoisotopic (exact) mass is 348 g/mol. The van der Waals surface area contributed by atoms with Crippen molar-refractivity contribution < 1.29 is 14.6 Å². The van der Waals surface area contributed by atoms with Gasteiger partial charge in [-0.1, -0.05) is 46.2 Å². The van der Waals surface area contributed by atoms with Crippen LogP contribution in [-0.2, 0) is 9.53 Å². The Labute approximate surface area is 153 Å². The van der Waals surface area contributed by atoms with Crippen molar-refractivity contribution in [3.05, 3.63) is 29.8 Å². The second-order valence-corrected chi connectivity index (χ2v) is 7.64. The summed E-state index contributed by atoms with van der Waals surface area (Å²) in [5, 5.41) is 9.01. The summed E-state index contributed by atoms with van der Waals surface area (Å²) in [6.07, 6.45) is 7.77. The zero-order valence-corrected chi connectivity index (χ0v) is 16.7. The van der Waals surface area contributed by atoms with Crippen LogP contribution in [0, 0.1) is 5.92 Å². The molecule has 0 radical (unpaired) electrons. The molecule has 3 heteroatoms. The molecule has 1 aliphatic carbocycles. The number of carbonyl (C=O) groups is 1. The van der Waals surface area contributed by atoms with Gasteiger partial charge in [-0.15, -0.1) is 0 Å². The Morgan fingerprint density at radius 1 is 1.08 bits per heavy atom. The molecule has 0 aromatic heterocycles. The van der Waals surface area contributed by atoms with Crippen LogP contribution in [0.4, 0.5) is 0 Å². The Morgan fingerprint density at radius 2 is 1.64 bits per heavy atom. The molecule has 0 amide bonds. The van der Waals surface area contributed by atoms with E-state index in [9.17, 15) is 4.79 Å². The fraction of sp³-hybridized carbons (Fsp3) is 0.682. The highest BCUT2D eigenvalue weighted by Crippen LogP contribution is 2.31. The highest BCUT2D eigenvalue weighted by molar-refractivity contribution is 5.72. The first-order valence-corrected chi connectivity index (χ1v) is 9.83. The van der Waals surface area contributed by atoms with Gasteiger partial charge in [0.25, 0.3) is 0 Å². The van der Waals surface area contributed by atoms with E-state index in [2.05, 4.69) is 20.8 Å². The number of esters is 1. The predicted octanol–water partition coefficient (Wildman–Crippen LogP) is 6.20. The van der Waals surface area contributed by atoms with Crippen LogP contribution < -0.4 is 0 Å². The Kier molecular flexibility index (Phi) is 9.02. The van der Waals surface area contributed by atoms with E-state index in [1.807, 2.05) is 26.0 Å². The minimum absolute atomic E-state index is 0.0168. The van der Waals surface area contributed by atoms with E-state index < -0.39 is 0 Å². The van der Waals surface area contributed by atoms with Crippen molar-refractivity contribution >= 4 is 5.97 Å². The van der Waals surface area contributed by atoms with Gasteiger partial charge in [-0.2, -0.15) is 0 Å². The van der Waals surface area contributed by atoms with Crippen molar-refractivity contribution in [1.29, 1.82) is 0 Å². The zero-order valence-electron chi connectivity index (χ0n) is 16.7. The minimum Gasteiger partial charge on any atom is -0.508 e. The lowest BCUT2D eigenvalue weighted by Crippen LogP contribution is -2.35. The Bertz CT molecular complexity index is 501. The predicted molar refractivity (Wildman–Crippen MR) is 104 cm³/mol. The van der Waals surface area contributed by atoms with E-state index in [1.54, 1.807) is 12.1 Å². The fourth-order valence-corrected chi connectivity index (χ4v) is 2.95. The summed E-state index contributed by atoms with van der Waals surface area (Å²) in [6, 6.07) is 7.43. The van der Waals surface area contributed by atoms with Gasteiger partial charge in [0.2, 0.25) is 0 Å². The summed E-state index contributed by atoms with van der Waals surface area (Å²) in [5.74, 6) is 0.971. The summed E-state index contributed by atoms with van der Waals surface area (Å²) in [5.41, 5.74) is 1.13. The number of carbonyl (C=O) groups excluding carboxylic acids is 1. The van der Waals surface area contributed by atoms with Crippen LogP contribution >= 0.6 is 0 Å². The Hall–Kier alpha value is -1.51. The van der Waals surface area contributed by atoms with Gasteiger partial charge in [0.15, 0.2) is 0 Å². The highest BCUT2D eigenvalue weighted by Gasteiger charge is 2.31. The molecule has 1 aromatic rings. The second-order valence-electron chi connectivity index (χ2n) is 7.64. The standard InChI is InChI=1S/C12H22O2.C10H14O/c1-4-10(2)11(13)14-12(3)8-6-5-7-9-12;1-3-8(2)9-4-6-10(11)7-5-9/h10H,4-9H2,1-3H3;4-8,11H,3H2,1-2H3. The van der Waals surface area contributed by atoms with Gasteiger partial charge in [-0.05, 0) is 69.1 Å². The summed E-state index contributed by atoms with van der Waals surface area (Å²) in [7, 11) is 0. The van der Waals surface area contributed by atoms with Crippen LogP contribution in [0.15, 0.2) is 24.3 Å². The van der Waals surface area contributed by atoms with Crippen molar-refractivity contribution in [2.24, 2.45) is 5.92 Å². The van der Waals surface area contributed by atoms with E-state index in [0.717, 1.165) is 25.7 Å². The summed E-state index contributed by atoms with van der Waals surface area (Å²) in [4.78, 5) is 11.6. The van der Waals surface area contributed by atoms with Gasteiger partial charge < -0.3 is 9.84 Å². The maximum atomic E-state index is 11.6. The van der Waals surface area contributed by atoms with Crippen molar-refractivity contribution in [1.82, 2.24) is 0 Å². The largest absolute Gasteiger partial charge is 0.508 e. The van der Waals surface area contributed by atoms with E-state index in [-0.39, 0.29) is 17.5 Å². The molecule has 3 nitrogen and oxygen atoms in total. The quantitative estimate of drug-likeness (QED) is 0.644.